The van der Waals surface area contributed by atoms with Crippen LogP contribution >= 0.6 is 0 Å². The van der Waals surface area contributed by atoms with Gasteiger partial charge in [0.2, 0.25) is 10.0 Å². The molecule has 0 spiro atoms. The molecule has 1 saturated heterocycles. The first kappa shape index (κ1) is 19.6. The molecule has 0 radical (unpaired) electrons. The highest BCUT2D eigenvalue weighted by Crippen LogP contribution is 2.20. The summed E-state index contributed by atoms with van der Waals surface area (Å²) in [5.74, 6) is 0.259. The Morgan fingerprint density at radius 1 is 0.923 bits per heavy atom. The van der Waals surface area contributed by atoms with E-state index in [2.05, 4.69) is 23.1 Å². The molecule has 1 aromatic carbocycles. The van der Waals surface area contributed by atoms with Gasteiger partial charge in [-0.15, -0.1) is 0 Å². The van der Waals surface area contributed by atoms with Crippen molar-refractivity contribution < 1.29 is 8.42 Å². The van der Waals surface area contributed by atoms with Gasteiger partial charge >= 0.3 is 0 Å². The Balaban J connectivity index is 1.38. The van der Waals surface area contributed by atoms with Gasteiger partial charge in [-0.1, -0.05) is 42.0 Å². The number of nitrogens with zero attached hydrogens (tertiary/aromatic N) is 2. The molecule has 1 aromatic rings. The number of hydrogen-bond donors (Lipinski definition) is 0. The molecule has 0 N–H and O–H groups in total. The average molecular weight is 377 g/mol. The van der Waals surface area contributed by atoms with Gasteiger partial charge in [0.1, 0.15) is 0 Å². The zero-order valence-electron chi connectivity index (χ0n) is 15.8. The Bertz CT molecular complexity index is 677. The molecule has 0 unspecified atom stereocenters. The summed E-state index contributed by atoms with van der Waals surface area (Å²) in [5.41, 5.74) is 2.82. The van der Waals surface area contributed by atoms with Crippen LogP contribution in [0, 0.1) is 0 Å². The lowest BCUT2D eigenvalue weighted by molar-refractivity contribution is 0.189. The van der Waals surface area contributed by atoms with Crippen LogP contribution in [0.25, 0.3) is 0 Å². The molecule has 3 rings (SSSR count). The quantitative estimate of drug-likeness (QED) is 0.653. The third kappa shape index (κ3) is 5.93. The standard InChI is InChI=1S/C21H32N2O2S/c24-26(25,19-7-12-20-8-3-1-4-9-20)23-17-15-22(16-18-23)14-13-21-10-5-2-6-11-21/h1,3-4,8-10H,2,5-7,11-19H2. The fourth-order valence-electron chi connectivity index (χ4n) is 3.90. The Morgan fingerprint density at radius 2 is 1.69 bits per heavy atom. The monoisotopic (exact) mass is 376 g/mol. The van der Waals surface area contributed by atoms with Crippen molar-refractivity contribution in [2.45, 2.75) is 44.9 Å². The van der Waals surface area contributed by atoms with E-state index >= 15 is 0 Å². The third-order valence-corrected chi connectivity index (χ3v) is 7.53. The number of aryl methyl sites for hydroxylation is 1. The smallest absolute Gasteiger partial charge is 0.214 e. The van der Waals surface area contributed by atoms with E-state index in [1.807, 2.05) is 18.2 Å². The Hall–Kier alpha value is -1.17. The predicted octanol–water partition coefficient (Wildman–Crippen LogP) is 3.46. The largest absolute Gasteiger partial charge is 0.300 e. The van der Waals surface area contributed by atoms with Crippen LogP contribution in [0.2, 0.25) is 0 Å². The molecule has 0 atom stereocenters. The Labute approximate surface area is 158 Å². The molecular weight excluding hydrogens is 344 g/mol. The lowest BCUT2D eigenvalue weighted by atomic mass is 9.97. The highest BCUT2D eigenvalue weighted by atomic mass is 32.2. The molecule has 0 aromatic heterocycles. The number of benzene rings is 1. The summed E-state index contributed by atoms with van der Waals surface area (Å²) in [6.45, 7) is 4.10. The second-order valence-corrected chi connectivity index (χ2v) is 9.59. The maximum Gasteiger partial charge on any atom is 0.214 e. The number of allylic oxidation sites excluding steroid dienone is 1. The van der Waals surface area contributed by atoms with E-state index in [1.165, 1.54) is 31.2 Å². The summed E-state index contributed by atoms with van der Waals surface area (Å²) < 4.78 is 26.9. The van der Waals surface area contributed by atoms with Crippen LogP contribution in [-0.4, -0.2) is 56.1 Å². The molecule has 0 bridgehead atoms. The molecule has 26 heavy (non-hydrogen) atoms. The summed E-state index contributed by atoms with van der Waals surface area (Å²) in [7, 11) is -3.12. The maximum atomic E-state index is 12.6. The topological polar surface area (TPSA) is 40.6 Å². The zero-order valence-corrected chi connectivity index (χ0v) is 16.6. The second kappa shape index (κ2) is 9.67. The predicted molar refractivity (Wildman–Crippen MR) is 108 cm³/mol. The van der Waals surface area contributed by atoms with E-state index < -0.39 is 10.0 Å². The molecule has 1 aliphatic carbocycles. The number of piperazine rings is 1. The Kier molecular flexibility index (Phi) is 7.29. The third-order valence-electron chi connectivity index (χ3n) is 5.57. The van der Waals surface area contributed by atoms with E-state index in [1.54, 1.807) is 9.88 Å². The van der Waals surface area contributed by atoms with Gasteiger partial charge < -0.3 is 4.90 Å². The first-order valence-electron chi connectivity index (χ1n) is 10.1. The van der Waals surface area contributed by atoms with Crippen molar-refractivity contribution in [2.24, 2.45) is 0 Å². The molecule has 5 heteroatoms. The lowest BCUT2D eigenvalue weighted by Crippen LogP contribution is -2.49. The van der Waals surface area contributed by atoms with Crippen molar-refractivity contribution in [3.05, 3.63) is 47.5 Å². The highest BCUT2D eigenvalue weighted by molar-refractivity contribution is 7.89. The number of sulfonamides is 1. The van der Waals surface area contributed by atoms with Gasteiger partial charge in [0.05, 0.1) is 5.75 Å². The van der Waals surface area contributed by atoms with Gasteiger partial charge in [0.15, 0.2) is 0 Å². The van der Waals surface area contributed by atoms with Gasteiger partial charge in [-0.05, 0) is 50.5 Å². The summed E-state index contributed by atoms with van der Waals surface area (Å²) in [4.78, 5) is 2.42. The van der Waals surface area contributed by atoms with E-state index in [4.69, 9.17) is 0 Å². The Morgan fingerprint density at radius 3 is 2.38 bits per heavy atom. The summed E-state index contributed by atoms with van der Waals surface area (Å²) in [6.07, 6.45) is 10.3. The van der Waals surface area contributed by atoms with Crippen molar-refractivity contribution in [1.29, 1.82) is 0 Å². The molecule has 4 nitrogen and oxygen atoms in total. The van der Waals surface area contributed by atoms with E-state index in [0.29, 0.717) is 19.5 Å². The van der Waals surface area contributed by atoms with Crippen LogP contribution in [0.1, 0.15) is 44.1 Å². The minimum absolute atomic E-state index is 0.259. The molecule has 0 saturated carbocycles. The molecule has 144 valence electrons. The van der Waals surface area contributed by atoms with Gasteiger partial charge in [0, 0.05) is 32.7 Å². The van der Waals surface area contributed by atoms with Crippen LogP contribution in [0.15, 0.2) is 42.0 Å². The van der Waals surface area contributed by atoms with E-state index in [9.17, 15) is 8.42 Å². The fourth-order valence-corrected chi connectivity index (χ4v) is 5.38. The molecule has 2 aliphatic rings. The van der Waals surface area contributed by atoms with Crippen molar-refractivity contribution in [3.63, 3.8) is 0 Å². The number of rotatable bonds is 8. The summed E-state index contributed by atoms with van der Waals surface area (Å²) >= 11 is 0. The van der Waals surface area contributed by atoms with Crippen LogP contribution < -0.4 is 0 Å². The van der Waals surface area contributed by atoms with Crippen LogP contribution in [0.5, 0.6) is 0 Å². The first-order valence-corrected chi connectivity index (χ1v) is 11.7. The van der Waals surface area contributed by atoms with E-state index in [-0.39, 0.29) is 5.75 Å². The summed E-state index contributed by atoms with van der Waals surface area (Å²) in [5, 5.41) is 0. The van der Waals surface area contributed by atoms with Gasteiger partial charge in [-0.3, -0.25) is 0 Å². The van der Waals surface area contributed by atoms with Crippen molar-refractivity contribution in [2.75, 3.05) is 38.5 Å². The molecule has 1 aliphatic heterocycles. The fraction of sp³-hybridized carbons (Fsp3) is 0.619. The zero-order chi connectivity index (χ0) is 18.2. The minimum Gasteiger partial charge on any atom is -0.300 e. The van der Waals surface area contributed by atoms with Crippen molar-refractivity contribution in [1.82, 2.24) is 9.21 Å². The second-order valence-electron chi connectivity index (χ2n) is 7.50. The van der Waals surface area contributed by atoms with Crippen molar-refractivity contribution >= 4 is 10.0 Å². The SMILES string of the molecule is O=S(=O)(CCCc1ccccc1)N1CCN(CCC2=CCCCC2)CC1. The van der Waals surface area contributed by atoms with Crippen LogP contribution in [-0.2, 0) is 16.4 Å². The molecule has 0 amide bonds. The van der Waals surface area contributed by atoms with Crippen LogP contribution in [0.3, 0.4) is 0 Å². The van der Waals surface area contributed by atoms with Gasteiger partial charge in [-0.25, -0.2) is 8.42 Å². The minimum atomic E-state index is -3.12. The molecule has 1 heterocycles. The number of hydrogen-bond acceptors (Lipinski definition) is 3. The van der Waals surface area contributed by atoms with Crippen molar-refractivity contribution in [3.8, 4) is 0 Å². The normalized spacial score (nSPS) is 20.1. The maximum absolute atomic E-state index is 12.6. The molecular formula is C21H32N2O2S. The first-order chi connectivity index (χ1) is 12.6. The van der Waals surface area contributed by atoms with Crippen LogP contribution in [0.4, 0.5) is 0 Å². The van der Waals surface area contributed by atoms with Gasteiger partial charge in [-0.2, -0.15) is 4.31 Å². The molecule has 1 fully saturated rings. The summed E-state index contributed by atoms with van der Waals surface area (Å²) in [6, 6.07) is 10.1. The van der Waals surface area contributed by atoms with E-state index in [0.717, 1.165) is 32.5 Å². The highest BCUT2D eigenvalue weighted by Gasteiger charge is 2.26. The average Bonchev–Trinajstić information content (AvgIpc) is 2.68. The van der Waals surface area contributed by atoms with Gasteiger partial charge in [0.25, 0.3) is 0 Å². The lowest BCUT2D eigenvalue weighted by Gasteiger charge is -2.34.